The summed E-state index contributed by atoms with van der Waals surface area (Å²) >= 11 is 3.42. The molecule has 5 nitrogen and oxygen atoms in total. The quantitative estimate of drug-likeness (QED) is 0.813. The number of nitrogens with one attached hydrogen (secondary N) is 2. The third-order valence-corrected chi connectivity index (χ3v) is 4.51. The number of benzene rings is 1. The number of aromatic nitrogens is 1. The van der Waals surface area contributed by atoms with Gasteiger partial charge in [-0.05, 0) is 56.2 Å². The van der Waals surface area contributed by atoms with Gasteiger partial charge >= 0.3 is 0 Å². The molecule has 0 fully saturated rings. The average Bonchev–Trinajstić information content (AvgIpc) is 2.58. The van der Waals surface area contributed by atoms with Gasteiger partial charge in [-0.1, -0.05) is 28.9 Å². The predicted octanol–water partition coefficient (Wildman–Crippen LogP) is 3.93. The van der Waals surface area contributed by atoms with Crippen LogP contribution in [0.1, 0.15) is 46.8 Å². The van der Waals surface area contributed by atoms with Crippen LogP contribution >= 0.6 is 15.9 Å². The summed E-state index contributed by atoms with van der Waals surface area (Å²) < 4.78 is 0.974. The van der Waals surface area contributed by atoms with Gasteiger partial charge in [0.2, 0.25) is 0 Å². The zero-order valence-electron chi connectivity index (χ0n) is 13.9. The first kappa shape index (κ1) is 18.1. The van der Waals surface area contributed by atoms with Crippen LogP contribution in [0.3, 0.4) is 0 Å². The van der Waals surface area contributed by atoms with E-state index in [0.717, 1.165) is 16.5 Å². The van der Waals surface area contributed by atoms with E-state index in [-0.39, 0.29) is 29.2 Å². The number of aryl methyl sites for hydroxylation is 1. The summed E-state index contributed by atoms with van der Waals surface area (Å²) in [5, 5.41) is 5.63. The third kappa shape index (κ3) is 4.64. The summed E-state index contributed by atoms with van der Waals surface area (Å²) in [5.74, 6) is -0.631. The molecule has 1 heterocycles. The van der Waals surface area contributed by atoms with E-state index >= 15 is 0 Å². The van der Waals surface area contributed by atoms with Gasteiger partial charge in [-0.2, -0.15) is 0 Å². The molecule has 2 rings (SSSR count). The maximum atomic E-state index is 12.3. The van der Waals surface area contributed by atoms with Crippen molar-refractivity contribution in [1.29, 1.82) is 0 Å². The van der Waals surface area contributed by atoms with Gasteiger partial charge in [0, 0.05) is 16.2 Å². The number of pyridine rings is 1. The number of hydrogen-bond donors (Lipinski definition) is 2. The molecule has 0 aliphatic carbocycles. The Kier molecular flexibility index (Phi) is 6.09. The number of carbonyl (C=O) groups is 2. The van der Waals surface area contributed by atoms with Crippen LogP contribution in [0.2, 0.25) is 0 Å². The molecule has 2 amide bonds. The fourth-order valence-electron chi connectivity index (χ4n) is 2.01. The zero-order chi connectivity index (χ0) is 17.7. The number of hydrogen-bond acceptors (Lipinski definition) is 3. The Morgan fingerprint density at radius 3 is 2.46 bits per heavy atom. The van der Waals surface area contributed by atoms with Crippen molar-refractivity contribution in [2.24, 2.45) is 0 Å². The fourth-order valence-corrected chi connectivity index (χ4v) is 2.25. The molecular formula is C18H20BrN3O2. The van der Waals surface area contributed by atoms with E-state index in [2.05, 4.69) is 31.5 Å². The van der Waals surface area contributed by atoms with Crippen molar-refractivity contribution >= 4 is 33.4 Å². The minimum absolute atomic E-state index is 0.0579. The van der Waals surface area contributed by atoms with Crippen molar-refractivity contribution in [3.8, 4) is 0 Å². The van der Waals surface area contributed by atoms with Crippen molar-refractivity contribution < 1.29 is 9.59 Å². The largest absolute Gasteiger partial charge is 0.348 e. The lowest BCUT2D eigenvalue weighted by atomic mass is 10.2. The van der Waals surface area contributed by atoms with Crippen LogP contribution in [0.25, 0.3) is 0 Å². The summed E-state index contributed by atoms with van der Waals surface area (Å²) in [6.07, 6.45) is 0.828. The summed E-state index contributed by atoms with van der Waals surface area (Å²) in [6.45, 7) is 5.85. The summed E-state index contributed by atoms with van der Waals surface area (Å²) in [7, 11) is 0. The molecule has 126 valence electrons. The van der Waals surface area contributed by atoms with Gasteiger partial charge in [-0.25, -0.2) is 4.98 Å². The molecule has 1 aromatic carbocycles. The summed E-state index contributed by atoms with van der Waals surface area (Å²) in [5.41, 5.74) is 2.13. The molecule has 2 N–H and O–H groups in total. The Morgan fingerprint density at radius 2 is 1.83 bits per heavy atom. The van der Waals surface area contributed by atoms with Gasteiger partial charge in [0.05, 0.1) is 0 Å². The number of rotatable bonds is 5. The average molecular weight is 390 g/mol. The Morgan fingerprint density at radius 1 is 1.17 bits per heavy atom. The van der Waals surface area contributed by atoms with Gasteiger partial charge in [0.1, 0.15) is 11.4 Å². The van der Waals surface area contributed by atoms with Gasteiger partial charge in [0.25, 0.3) is 11.8 Å². The van der Waals surface area contributed by atoms with Crippen LogP contribution in [0.5, 0.6) is 0 Å². The second kappa shape index (κ2) is 8.06. The molecule has 1 atom stereocenters. The molecule has 0 radical (unpaired) electrons. The molecule has 2 aromatic rings. The number of anilines is 1. The fraction of sp³-hybridized carbons (Fsp3) is 0.278. The SMILES string of the molecule is CCC(C)NC(=O)c1cccc(C(=O)Nc2ccc(Br)c(C)c2)n1. The molecule has 0 bridgehead atoms. The van der Waals surface area contributed by atoms with Crippen LogP contribution in [-0.4, -0.2) is 22.8 Å². The highest BCUT2D eigenvalue weighted by Gasteiger charge is 2.14. The normalized spacial score (nSPS) is 11.7. The first-order valence-electron chi connectivity index (χ1n) is 7.76. The highest BCUT2D eigenvalue weighted by molar-refractivity contribution is 9.10. The summed E-state index contributed by atoms with van der Waals surface area (Å²) in [4.78, 5) is 28.6. The van der Waals surface area contributed by atoms with Gasteiger partial charge in [-0.3, -0.25) is 9.59 Å². The number of nitrogens with zero attached hydrogens (tertiary/aromatic N) is 1. The number of carbonyl (C=O) groups excluding carboxylic acids is 2. The molecular weight excluding hydrogens is 370 g/mol. The first-order chi connectivity index (χ1) is 11.4. The highest BCUT2D eigenvalue weighted by Crippen LogP contribution is 2.20. The lowest BCUT2D eigenvalue weighted by Crippen LogP contribution is -2.32. The Hall–Kier alpha value is -2.21. The van der Waals surface area contributed by atoms with E-state index in [1.165, 1.54) is 0 Å². The standard InChI is InChI=1S/C18H20BrN3O2/c1-4-12(3)20-17(23)15-6-5-7-16(22-15)18(24)21-13-8-9-14(19)11(2)10-13/h5-10,12H,4H2,1-3H3,(H,20,23)(H,21,24). The Bertz CT molecular complexity index is 762. The van der Waals surface area contributed by atoms with E-state index in [1.54, 1.807) is 24.3 Å². The molecule has 0 spiro atoms. The number of halogens is 1. The van der Waals surface area contributed by atoms with Crippen molar-refractivity contribution in [3.63, 3.8) is 0 Å². The summed E-state index contributed by atoms with van der Waals surface area (Å²) in [6, 6.07) is 10.4. The highest BCUT2D eigenvalue weighted by atomic mass is 79.9. The minimum Gasteiger partial charge on any atom is -0.348 e. The molecule has 0 aliphatic rings. The van der Waals surface area contributed by atoms with Crippen LogP contribution < -0.4 is 10.6 Å². The third-order valence-electron chi connectivity index (χ3n) is 3.62. The van der Waals surface area contributed by atoms with Gasteiger partial charge in [0.15, 0.2) is 0 Å². The Balaban J connectivity index is 2.13. The monoisotopic (exact) mass is 389 g/mol. The van der Waals surface area contributed by atoms with Crippen molar-refractivity contribution in [2.45, 2.75) is 33.2 Å². The maximum Gasteiger partial charge on any atom is 0.274 e. The second-order valence-electron chi connectivity index (χ2n) is 5.61. The van der Waals surface area contributed by atoms with Crippen molar-refractivity contribution in [3.05, 3.63) is 57.8 Å². The van der Waals surface area contributed by atoms with Crippen LogP contribution in [0.15, 0.2) is 40.9 Å². The lowest BCUT2D eigenvalue weighted by Gasteiger charge is -2.11. The van der Waals surface area contributed by atoms with E-state index < -0.39 is 0 Å². The van der Waals surface area contributed by atoms with Gasteiger partial charge in [-0.15, -0.1) is 0 Å². The van der Waals surface area contributed by atoms with E-state index in [1.807, 2.05) is 32.9 Å². The zero-order valence-corrected chi connectivity index (χ0v) is 15.5. The first-order valence-corrected chi connectivity index (χ1v) is 8.55. The molecule has 1 unspecified atom stereocenters. The second-order valence-corrected chi connectivity index (χ2v) is 6.46. The molecule has 0 aliphatic heterocycles. The molecule has 0 saturated carbocycles. The lowest BCUT2D eigenvalue weighted by molar-refractivity contribution is 0.0934. The molecule has 24 heavy (non-hydrogen) atoms. The predicted molar refractivity (Wildman–Crippen MR) is 98.3 cm³/mol. The van der Waals surface area contributed by atoms with Crippen LogP contribution in [0, 0.1) is 6.92 Å². The van der Waals surface area contributed by atoms with Crippen molar-refractivity contribution in [1.82, 2.24) is 10.3 Å². The number of amides is 2. The Labute approximate surface area is 150 Å². The molecule has 0 saturated heterocycles. The smallest absolute Gasteiger partial charge is 0.274 e. The minimum atomic E-state index is -0.352. The van der Waals surface area contributed by atoms with E-state index in [9.17, 15) is 9.59 Å². The molecule has 6 heteroatoms. The van der Waals surface area contributed by atoms with Crippen LogP contribution in [-0.2, 0) is 0 Å². The molecule has 1 aromatic heterocycles. The van der Waals surface area contributed by atoms with E-state index in [4.69, 9.17) is 0 Å². The maximum absolute atomic E-state index is 12.3. The van der Waals surface area contributed by atoms with E-state index in [0.29, 0.717) is 5.69 Å². The topological polar surface area (TPSA) is 71.1 Å². The van der Waals surface area contributed by atoms with Crippen molar-refractivity contribution in [2.75, 3.05) is 5.32 Å². The van der Waals surface area contributed by atoms with Gasteiger partial charge < -0.3 is 10.6 Å². The van der Waals surface area contributed by atoms with Crippen LogP contribution in [0.4, 0.5) is 5.69 Å².